The number of benzene rings is 1. The van der Waals surface area contributed by atoms with Gasteiger partial charge in [0.05, 0.1) is 6.54 Å². The van der Waals surface area contributed by atoms with Gasteiger partial charge in [-0.2, -0.15) is 5.26 Å². The summed E-state index contributed by atoms with van der Waals surface area (Å²) in [4.78, 5) is 22.2. The fourth-order valence-electron chi connectivity index (χ4n) is 3.11. The molecule has 1 aliphatic heterocycles. The van der Waals surface area contributed by atoms with E-state index in [9.17, 15) is 4.79 Å². The predicted octanol–water partition coefficient (Wildman–Crippen LogP) is 2.53. The van der Waals surface area contributed by atoms with Crippen LogP contribution in [0.25, 0.3) is 0 Å². The molecule has 0 bridgehead atoms. The van der Waals surface area contributed by atoms with Crippen molar-refractivity contribution in [1.29, 1.82) is 5.26 Å². The topological polar surface area (TPSA) is 91.1 Å². The van der Waals surface area contributed by atoms with E-state index >= 15 is 0 Å². The van der Waals surface area contributed by atoms with Crippen LogP contribution in [0, 0.1) is 11.3 Å². The first-order chi connectivity index (χ1) is 13.3. The Kier molecular flexibility index (Phi) is 6.58. The molecular formula is C20H23N5O2. The maximum Gasteiger partial charge on any atom is 0.317 e. The van der Waals surface area contributed by atoms with Crippen LogP contribution < -0.4 is 10.1 Å². The molecule has 2 amide bonds. The van der Waals surface area contributed by atoms with Crippen molar-refractivity contribution in [3.05, 3.63) is 54.0 Å². The summed E-state index contributed by atoms with van der Waals surface area (Å²) in [5.74, 6) is 0.232. The van der Waals surface area contributed by atoms with E-state index in [2.05, 4.69) is 27.4 Å². The Hall–Kier alpha value is -3.14. The Morgan fingerprint density at radius 1 is 1.30 bits per heavy atom. The quantitative estimate of drug-likeness (QED) is 0.794. The highest BCUT2D eigenvalue weighted by molar-refractivity contribution is 5.74. The van der Waals surface area contributed by atoms with Gasteiger partial charge in [0.1, 0.15) is 12.2 Å². The van der Waals surface area contributed by atoms with Gasteiger partial charge in [0.25, 0.3) is 5.88 Å². The van der Waals surface area contributed by atoms with Gasteiger partial charge in [0.15, 0.2) is 0 Å². The van der Waals surface area contributed by atoms with Crippen molar-refractivity contribution in [2.45, 2.75) is 31.8 Å². The number of piperidine rings is 1. The lowest BCUT2D eigenvalue weighted by atomic mass is 10.1. The molecule has 2 aromatic rings. The number of urea groups is 1. The van der Waals surface area contributed by atoms with E-state index in [1.807, 2.05) is 24.3 Å². The predicted molar refractivity (Wildman–Crippen MR) is 100 cm³/mol. The minimum atomic E-state index is -0.183. The van der Waals surface area contributed by atoms with Gasteiger partial charge < -0.3 is 15.0 Å². The highest BCUT2D eigenvalue weighted by atomic mass is 16.5. The van der Waals surface area contributed by atoms with Crippen molar-refractivity contribution < 1.29 is 9.53 Å². The number of nitrogens with one attached hydrogen (secondary N) is 1. The van der Waals surface area contributed by atoms with Gasteiger partial charge >= 0.3 is 6.03 Å². The van der Waals surface area contributed by atoms with Gasteiger partial charge in [0.2, 0.25) is 5.69 Å². The summed E-state index contributed by atoms with van der Waals surface area (Å²) < 4.78 is 5.82. The average molecular weight is 365 g/mol. The zero-order valence-electron chi connectivity index (χ0n) is 15.2. The molecule has 1 atom stereocenters. The number of aryl methyl sites for hydroxylation is 1. The van der Waals surface area contributed by atoms with Crippen LogP contribution >= 0.6 is 0 Å². The molecule has 0 saturated carbocycles. The Morgan fingerprint density at radius 3 is 2.93 bits per heavy atom. The van der Waals surface area contributed by atoms with E-state index in [0.717, 1.165) is 25.7 Å². The molecule has 1 aromatic heterocycles. The van der Waals surface area contributed by atoms with Crippen LogP contribution in [0.4, 0.5) is 4.79 Å². The lowest BCUT2D eigenvalue weighted by molar-refractivity contribution is 0.0972. The van der Waals surface area contributed by atoms with Crippen LogP contribution in [0.15, 0.2) is 42.7 Å². The largest absolute Gasteiger partial charge is 0.470 e. The molecule has 1 aromatic carbocycles. The first-order valence-corrected chi connectivity index (χ1v) is 9.20. The molecule has 1 saturated heterocycles. The van der Waals surface area contributed by atoms with Crippen molar-refractivity contribution in [1.82, 2.24) is 20.2 Å². The highest BCUT2D eigenvalue weighted by Crippen LogP contribution is 2.18. The van der Waals surface area contributed by atoms with Crippen molar-refractivity contribution in [2.24, 2.45) is 0 Å². The number of hydrogen-bond acceptors (Lipinski definition) is 5. The molecular weight excluding hydrogens is 342 g/mol. The van der Waals surface area contributed by atoms with Crippen LogP contribution in [-0.2, 0) is 6.42 Å². The molecule has 3 rings (SSSR count). The average Bonchev–Trinajstić information content (AvgIpc) is 2.72. The number of hydrogen-bond donors (Lipinski definition) is 1. The highest BCUT2D eigenvalue weighted by Gasteiger charge is 2.25. The van der Waals surface area contributed by atoms with Crippen LogP contribution in [0.5, 0.6) is 5.88 Å². The zero-order chi connectivity index (χ0) is 18.9. The second-order valence-corrected chi connectivity index (χ2v) is 6.47. The summed E-state index contributed by atoms with van der Waals surface area (Å²) in [6.45, 7) is 1.82. The van der Waals surface area contributed by atoms with Crippen LogP contribution in [0.3, 0.4) is 0 Å². The van der Waals surface area contributed by atoms with Crippen LogP contribution in [0.1, 0.15) is 30.5 Å². The summed E-state index contributed by atoms with van der Waals surface area (Å²) in [6.07, 6.45) is 6.28. The van der Waals surface area contributed by atoms with Crippen LogP contribution in [0.2, 0.25) is 0 Å². The molecule has 1 fully saturated rings. The maximum atomic E-state index is 12.4. The van der Waals surface area contributed by atoms with Gasteiger partial charge in [-0.1, -0.05) is 30.3 Å². The van der Waals surface area contributed by atoms with E-state index in [4.69, 9.17) is 10.00 Å². The zero-order valence-corrected chi connectivity index (χ0v) is 15.2. The lowest BCUT2D eigenvalue weighted by Gasteiger charge is -2.32. The normalized spacial score (nSPS) is 16.4. The van der Waals surface area contributed by atoms with Crippen LogP contribution in [-0.4, -0.2) is 46.6 Å². The van der Waals surface area contributed by atoms with Gasteiger partial charge in [-0.3, -0.25) is 0 Å². The Morgan fingerprint density at radius 2 is 2.11 bits per heavy atom. The number of aromatic nitrogens is 2. The number of carbonyl (C=O) groups is 1. The Labute approximate surface area is 159 Å². The fourth-order valence-corrected chi connectivity index (χ4v) is 3.11. The molecule has 2 heterocycles. The third kappa shape index (κ3) is 5.42. The summed E-state index contributed by atoms with van der Waals surface area (Å²) in [5, 5.41) is 12.1. The standard InChI is InChI=1S/C20H23N5O2/c21-14-18-19(23-12-11-22-18)27-17-9-5-13-25(15-17)20(26)24-10-4-8-16-6-2-1-3-7-16/h1-3,6-7,11-12,17H,4-5,8-10,13,15H2,(H,24,26)/t17-/m1/s1. The molecule has 7 heteroatoms. The number of nitrogens with zero attached hydrogens (tertiary/aromatic N) is 4. The van der Waals surface area contributed by atoms with E-state index in [1.165, 1.54) is 18.0 Å². The Balaban J connectivity index is 1.44. The number of likely N-dealkylation sites (tertiary alicyclic amines) is 1. The molecule has 140 valence electrons. The van der Waals surface area contributed by atoms with Gasteiger partial charge in [0, 0.05) is 25.5 Å². The van der Waals surface area contributed by atoms with E-state index in [1.54, 1.807) is 4.90 Å². The minimum absolute atomic E-state index is 0.0731. The van der Waals surface area contributed by atoms with Gasteiger partial charge in [-0.15, -0.1) is 0 Å². The summed E-state index contributed by atoms with van der Waals surface area (Å²) >= 11 is 0. The molecule has 1 N–H and O–H groups in total. The second kappa shape index (κ2) is 9.53. The SMILES string of the molecule is N#Cc1nccnc1O[C@@H]1CCCN(C(=O)NCCCc2ccccc2)C1. The van der Waals surface area contributed by atoms with Gasteiger partial charge in [-0.25, -0.2) is 14.8 Å². The third-order valence-electron chi connectivity index (χ3n) is 4.48. The molecule has 0 aliphatic carbocycles. The molecule has 7 nitrogen and oxygen atoms in total. The van der Waals surface area contributed by atoms with Crippen molar-refractivity contribution in [2.75, 3.05) is 19.6 Å². The lowest BCUT2D eigenvalue weighted by Crippen LogP contribution is -2.48. The number of carbonyl (C=O) groups excluding carboxylic acids is 1. The van der Waals surface area contributed by atoms with E-state index in [-0.39, 0.29) is 23.7 Å². The first kappa shape index (κ1) is 18.6. The smallest absolute Gasteiger partial charge is 0.317 e. The summed E-state index contributed by atoms with van der Waals surface area (Å²) in [7, 11) is 0. The second-order valence-electron chi connectivity index (χ2n) is 6.47. The number of amides is 2. The molecule has 0 radical (unpaired) electrons. The molecule has 0 unspecified atom stereocenters. The number of rotatable bonds is 6. The van der Waals surface area contributed by atoms with E-state index < -0.39 is 0 Å². The number of nitriles is 1. The van der Waals surface area contributed by atoms with Crippen molar-refractivity contribution in [3.8, 4) is 11.9 Å². The molecule has 0 spiro atoms. The van der Waals surface area contributed by atoms with Gasteiger partial charge in [-0.05, 0) is 31.2 Å². The van der Waals surface area contributed by atoms with Crippen molar-refractivity contribution in [3.63, 3.8) is 0 Å². The molecule has 1 aliphatic rings. The molecule has 27 heavy (non-hydrogen) atoms. The minimum Gasteiger partial charge on any atom is -0.470 e. The summed E-state index contributed by atoms with van der Waals surface area (Å²) in [6, 6.07) is 12.1. The summed E-state index contributed by atoms with van der Waals surface area (Å²) in [5.41, 5.74) is 1.44. The fraction of sp³-hybridized carbons (Fsp3) is 0.400. The first-order valence-electron chi connectivity index (χ1n) is 9.20. The maximum absolute atomic E-state index is 12.4. The monoisotopic (exact) mass is 365 g/mol. The Bertz CT molecular complexity index is 790. The van der Waals surface area contributed by atoms with E-state index in [0.29, 0.717) is 19.6 Å². The number of ether oxygens (including phenoxy) is 1. The van der Waals surface area contributed by atoms with Crippen molar-refractivity contribution >= 4 is 6.03 Å². The third-order valence-corrected chi connectivity index (χ3v) is 4.48.